The summed E-state index contributed by atoms with van der Waals surface area (Å²) in [6.07, 6.45) is 10.1. The van der Waals surface area contributed by atoms with Gasteiger partial charge in [-0.15, -0.1) is 0 Å². The van der Waals surface area contributed by atoms with Gasteiger partial charge < -0.3 is 15.5 Å². The highest BCUT2D eigenvalue weighted by Gasteiger charge is 2.39. The van der Waals surface area contributed by atoms with Crippen LogP contribution in [0.3, 0.4) is 0 Å². The maximum atomic E-state index is 15.0. The summed E-state index contributed by atoms with van der Waals surface area (Å²) in [5.74, 6) is 0.0695. The summed E-state index contributed by atoms with van der Waals surface area (Å²) in [6.45, 7) is 4.30. The fourth-order valence-electron chi connectivity index (χ4n) is 6.38. The smallest absolute Gasteiger partial charge is 0.255 e. The van der Waals surface area contributed by atoms with Gasteiger partial charge in [-0.2, -0.15) is 0 Å². The topological polar surface area (TPSA) is 61.4 Å². The molecule has 0 aromatic heterocycles. The molecule has 5 nitrogen and oxygen atoms in total. The number of nitrogens with zero attached hydrogens (tertiary/aromatic N) is 1. The van der Waals surface area contributed by atoms with Crippen LogP contribution >= 0.6 is 0 Å². The molecule has 2 N–H and O–H groups in total. The Morgan fingerprint density at radius 3 is 2.67 bits per heavy atom. The third-order valence-corrected chi connectivity index (χ3v) is 8.18. The molecule has 2 aliphatic carbocycles. The number of rotatable bonds is 5. The van der Waals surface area contributed by atoms with Crippen LogP contribution in [0.4, 0.5) is 4.39 Å². The molecule has 6 heteroatoms. The summed E-state index contributed by atoms with van der Waals surface area (Å²) >= 11 is 0. The highest BCUT2D eigenvalue weighted by atomic mass is 19.1. The third kappa shape index (κ3) is 4.72. The van der Waals surface area contributed by atoms with E-state index >= 15 is 0 Å². The van der Waals surface area contributed by atoms with Gasteiger partial charge in [0.15, 0.2) is 0 Å². The summed E-state index contributed by atoms with van der Waals surface area (Å²) in [4.78, 5) is 27.1. The zero-order chi connectivity index (χ0) is 22.9. The largest absolute Gasteiger partial charge is 0.329 e. The van der Waals surface area contributed by atoms with Crippen LogP contribution in [-0.4, -0.2) is 41.0 Å². The number of fused-ring (bicyclic) bond motifs is 1. The van der Waals surface area contributed by atoms with Gasteiger partial charge in [0.2, 0.25) is 5.91 Å². The molecule has 2 aliphatic heterocycles. The van der Waals surface area contributed by atoms with Crippen molar-refractivity contribution >= 4 is 11.8 Å². The van der Waals surface area contributed by atoms with Crippen molar-refractivity contribution < 1.29 is 14.0 Å². The predicted molar refractivity (Wildman–Crippen MR) is 126 cm³/mol. The number of amides is 2. The van der Waals surface area contributed by atoms with E-state index in [1.165, 1.54) is 24.8 Å². The van der Waals surface area contributed by atoms with Crippen LogP contribution < -0.4 is 10.6 Å². The van der Waals surface area contributed by atoms with Crippen LogP contribution in [0.15, 0.2) is 30.5 Å². The molecule has 2 amide bonds. The van der Waals surface area contributed by atoms with Gasteiger partial charge in [-0.3, -0.25) is 9.59 Å². The number of benzene rings is 1. The Bertz CT molecular complexity index is 926. The molecule has 2 saturated carbocycles. The molecule has 4 aliphatic rings. The summed E-state index contributed by atoms with van der Waals surface area (Å²) in [5, 5.41) is 6.50. The second kappa shape index (κ2) is 9.57. The number of allylic oxidation sites excluding steroid dienone is 1. The molecule has 5 rings (SSSR count). The SMILES string of the molecule is C=C1CCC(N2Cc3cc(C[C@H]4CCC[C@@H](F)[C@@H]4NC4CCCCC4)ccc3C2=O)C(=O)N1. The number of piperidine rings is 1. The summed E-state index contributed by atoms with van der Waals surface area (Å²) in [7, 11) is 0. The van der Waals surface area contributed by atoms with Crippen molar-refractivity contribution in [2.45, 2.75) is 101 Å². The van der Waals surface area contributed by atoms with Crippen LogP contribution in [0, 0.1) is 5.92 Å². The van der Waals surface area contributed by atoms with E-state index in [9.17, 15) is 14.0 Å². The Labute approximate surface area is 196 Å². The van der Waals surface area contributed by atoms with Crippen molar-refractivity contribution in [3.63, 3.8) is 0 Å². The highest BCUT2D eigenvalue weighted by molar-refractivity contribution is 6.01. The molecule has 2 heterocycles. The summed E-state index contributed by atoms with van der Waals surface area (Å²) in [6, 6.07) is 5.99. The van der Waals surface area contributed by atoms with Crippen molar-refractivity contribution in [3.05, 3.63) is 47.2 Å². The Morgan fingerprint density at radius 1 is 1.06 bits per heavy atom. The average Bonchev–Trinajstić information content (AvgIpc) is 3.12. The van der Waals surface area contributed by atoms with Gasteiger partial charge in [0.05, 0.1) is 0 Å². The first-order valence-corrected chi connectivity index (χ1v) is 12.8. The van der Waals surface area contributed by atoms with Crippen molar-refractivity contribution in [1.29, 1.82) is 0 Å². The molecule has 0 bridgehead atoms. The van der Waals surface area contributed by atoms with E-state index in [1.54, 1.807) is 4.90 Å². The van der Waals surface area contributed by atoms with Gasteiger partial charge in [0.25, 0.3) is 5.91 Å². The Hall–Kier alpha value is -2.21. The average molecular weight is 454 g/mol. The molecule has 4 atom stereocenters. The molecule has 3 fully saturated rings. The van der Waals surface area contributed by atoms with E-state index in [1.807, 2.05) is 12.1 Å². The minimum Gasteiger partial charge on any atom is -0.329 e. The van der Waals surface area contributed by atoms with E-state index in [0.29, 0.717) is 37.4 Å². The first-order chi connectivity index (χ1) is 16.0. The molecule has 1 unspecified atom stereocenters. The van der Waals surface area contributed by atoms with Crippen molar-refractivity contribution in [2.24, 2.45) is 5.92 Å². The highest BCUT2D eigenvalue weighted by Crippen LogP contribution is 2.34. The molecular formula is C27H36FN3O2. The van der Waals surface area contributed by atoms with E-state index in [0.717, 1.165) is 43.4 Å². The minimum absolute atomic E-state index is 0.0671. The second-order valence-electron chi connectivity index (χ2n) is 10.5. The van der Waals surface area contributed by atoms with Crippen LogP contribution in [0.25, 0.3) is 0 Å². The number of hydrogen-bond acceptors (Lipinski definition) is 3. The van der Waals surface area contributed by atoms with E-state index in [4.69, 9.17) is 0 Å². The molecule has 0 spiro atoms. The fraction of sp³-hybridized carbons (Fsp3) is 0.630. The summed E-state index contributed by atoms with van der Waals surface area (Å²) in [5.41, 5.74) is 3.57. The number of hydrogen-bond donors (Lipinski definition) is 2. The fourth-order valence-corrected chi connectivity index (χ4v) is 6.38. The van der Waals surface area contributed by atoms with Crippen LogP contribution in [0.2, 0.25) is 0 Å². The van der Waals surface area contributed by atoms with E-state index < -0.39 is 12.2 Å². The summed E-state index contributed by atoms with van der Waals surface area (Å²) < 4.78 is 15.0. The minimum atomic E-state index is -0.781. The standard InChI is InChI=1S/C27H36FN3O2/c1-17-10-13-24(26(32)29-17)31-16-20-15-18(11-12-22(20)27(31)33)14-19-6-5-9-23(28)25(19)30-21-7-3-2-4-8-21/h11-12,15,19,21,23-25,30H,1-10,13-14,16H2,(H,29,32)/t19-,23-,24?,25-/m1/s1. The first-order valence-electron chi connectivity index (χ1n) is 12.8. The molecule has 33 heavy (non-hydrogen) atoms. The Kier molecular flexibility index (Phi) is 6.55. The zero-order valence-corrected chi connectivity index (χ0v) is 19.5. The number of alkyl halides is 1. The lowest BCUT2D eigenvalue weighted by Crippen LogP contribution is -2.51. The lowest BCUT2D eigenvalue weighted by atomic mass is 9.78. The van der Waals surface area contributed by atoms with Crippen LogP contribution in [0.5, 0.6) is 0 Å². The quantitative estimate of drug-likeness (QED) is 0.694. The first kappa shape index (κ1) is 22.6. The Balaban J connectivity index is 1.28. The third-order valence-electron chi connectivity index (χ3n) is 8.18. The van der Waals surface area contributed by atoms with Gasteiger partial charge in [0, 0.05) is 29.9 Å². The predicted octanol–water partition coefficient (Wildman–Crippen LogP) is 4.41. The van der Waals surface area contributed by atoms with Crippen molar-refractivity contribution in [3.8, 4) is 0 Å². The molecule has 178 valence electrons. The zero-order valence-electron chi connectivity index (χ0n) is 19.5. The maximum Gasteiger partial charge on any atom is 0.255 e. The number of carbonyl (C=O) groups is 2. The lowest BCUT2D eigenvalue weighted by molar-refractivity contribution is -0.126. The maximum absolute atomic E-state index is 15.0. The van der Waals surface area contributed by atoms with Gasteiger partial charge in [-0.25, -0.2) is 4.39 Å². The molecular weight excluding hydrogens is 417 g/mol. The molecule has 1 saturated heterocycles. The van der Waals surface area contributed by atoms with Crippen molar-refractivity contribution in [2.75, 3.05) is 0 Å². The number of carbonyl (C=O) groups excluding carboxylic acids is 2. The monoisotopic (exact) mass is 453 g/mol. The van der Waals surface area contributed by atoms with Crippen LogP contribution in [0.1, 0.15) is 85.7 Å². The van der Waals surface area contributed by atoms with Crippen molar-refractivity contribution in [1.82, 2.24) is 15.5 Å². The normalized spacial score (nSPS) is 30.9. The van der Waals surface area contributed by atoms with Gasteiger partial charge >= 0.3 is 0 Å². The lowest BCUT2D eigenvalue weighted by Gasteiger charge is -2.38. The van der Waals surface area contributed by atoms with E-state index in [-0.39, 0.29) is 23.8 Å². The van der Waals surface area contributed by atoms with Crippen LogP contribution in [-0.2, 0) is 17.8 Å². The Morgan fingerprint density at radius 2 is 1.88 bits per heavy atom. The van der Waals surface area contributed by atoms with Gasteiger partial charge in [-0.05, 0) is 68.1 Å². The van der Waals surface area contributed by atoms with Gasteiger partial charge in [0.1, 0.15) is 12.2 Å². The number of halogens is 1. The van der Waals surface area contributed by atoms with E-state index in [2.05, 4.69) is 23.3 Å². The molecule has 0 radical (unpaired) electrons. The number of nitrogens with one attached hydrogen (secondary N) is 2. The second-order valence-corrected chi connectivity index (χ2v) is 10.5. The molecule has 1 aromatic carbocycles. The van der Waals surface area contributed by atoms with Gasteiger partial charge in [-0.1, -0.05) is 44.4 Å². The molecule has 1 aromatic rings.